The van der Waals surface area contributed by atoms with E-state index < -0.39 is 24.1 Å². The smallest absolute Gasteiger partial charge is 0.409 e. The predicted octanol–water partition coefficient (Wildman–Crippen LogP) is 2.98. The number of amides is 2. The third-order valence-corrected chi connectivity index (χ3v) is 7.98. The number of anilines is 2. The Bertz CT molecular complexity index is 939. The average molecular weight is 554 g/mol. The molecule has 3 aliphatic rings. The number of hydrazine groups is 1. The van der Waals surface area contributed by atoms with Gasteiger partial charge in [-0.05, 0) is 38.5 Å². The van der Waals surface area contributed by atoms with E-state index in [-0.39, 0.29) is 24.1 Å². The number of piperazine rings is 1. The maximum absolute atomic E-state index is 15.4. The molecule has 11 nitrogen and oxygen atoms in total. The molecule has 2 amide bonds. The summed E-state index contributed by atoms with van der Waals surface area (Å²) in [7, 11) is 2.03. The second-order valence-electron chi connectivity index (χ2n) is 10.3. The molecule has 1 unspecified atom stereocenters. The molecule has 0 aromatic carbocycles. The second-order valence-corrected chi connectivity index (χ2v) is 11.0. The molecule has 2 aliphatic heterocycles. The molecule has 0 spiro atoms. The number of rotatable bonds is 10. The quantitative estimate of drug-likeness (QED) is 0.227. The van der Waals surface area contributed by atoms with E-state index in [2.05, 4.69) is 31.0 Å². The number of ether oxygens (including phenoxy) is 2. The molecule has 1 aromatic rings. The summed E-state index contributed by atoms with van der Waals surface area (Å²) in [6.45, 7) is 3.61. The van der Waals surface area contributed by atoms with Gasteiger partial charge in [-0.3, -0.25) is 15.6 Å². The van der Waals surface area contributed by atoms with Gasteiger partial charge in [0.2, 0.25) is 18.0 Å². The zero-order chi connectivity index (χ0) is 26.9. The molecule has 1 aromatic heterocycles. The van der Waals surface area contributed by atoms with Crippen molar-refractivity contribution in [1.82, 2.24) is 25.6 Å². The summed E-state index contributed by atoms with van der Waals surface area (Å²) in [6.07, 6.45) is 8.28. The fourth-order valence-corrected chi connectivity index (χ4v) is 5.50. The van der Waals surface area contributed by atoms with Crippen LogP contribution in [0.1, 0.15) is 51.4 Å². The highest BCUT2D eigenvalue weighted by Crippen LogP contribution is 2.31. The number of carbonyl (C=O) groups is 2. The monoisotopic (exact) mass is 553 g/mol. The molecule has 2 atom stereocenters. The zero-order valence-electron chi connectivity index (χ0n) is 22.3. The standard InChI is InChI=1S/C25H40FN7O4S/c1-32-10-12-33(13-11-32)22-20(26)21(28-24(29-22)38-2)30-31-23(34)18(15-17-7-3-4-8-17)16-27-25(35)37-19-9-5-6-14-36-19/h17-19H,3-16H2,1-2H3,(H,27,35)(H,31,34)(H,28,29,30)/t18-,19?/m1/s1. The van der Waals surface area contributed by atoms with Gasteiger partial charge in [-0.25, -0.2) is 14.8 Å². The van der Waals surface area contributed by atoms with Crippen LogP contribution in [0.3, 0.4) is 0 Å². The second kappa shape index (κ2) is 14.1. The number of likely N-dealkylation sites (N-methyl/N-ethyl adjacent to an activating group) is 1. The van der Waals surface area contributed by atoms with Crippen molar-refractivity contribution < 1.29 is 23.5 Å². The Hall–Kier alpha value is -2.38. The lowest BCUT2D eigenvalue weighted by atomic mass is 9.92. The molecule has 38 heavy (non-hydrogen) atoms. The largest absolute Gasteiger partial charge is 0.420 e. The molecular weight excluding hydrogens is 513 g/mol. The number of alkyl carbamates (subject to hydrolysis) is 1. The summed E-state index contributed by atoms with van der Waals surface area (Å²) in [6, 6.07) is 0. The summed E-state index contributed by atoms with van der Waals surface area (Å²) in [5, 5.41) is 3.14. The summed E-state index contributed by atoms with van der Waals surface area (Å²) in [5.74, 6) is -0.885. The van der Waals surface area contributed by atoms with Crippen LogP contribution in [0.2, 0.25) is 0 Å². The SMILES string of the molecule is CSc1nc(NNC(=O)[C@@H](CNC(=O)OC2CCCCO2)CC2CCCC2)c(F)c(N2CCN(C)CC2)n1. The fourth-order valence-electron chi connectivity index (χ4n) is 5.14. The first-order valence-electron chi connectivity index (χ1n) is 13.6. The van der Waals surface area contributed by atoms with Crippen LogP contribution in [0.4, 0.5) is 20.8 Å². The van der Waals surface area contributed by atoms with Crippen molar-refractivity contribution in [1.29, 1.82) is 0 Å². The number of carbonyl (C=O) groups excluding carboxylic acids is 2. The van der Waals surface area contributed by atoms with Crippen molar-refractivity contribution in [3.8, 4) is 0 Å². The topological polar surface area (TPSA) is 121 Å². The van der Waals surface area contributed by atoms with Crippen LogP contribution in [0.5, 0.6) is 0 Å². The van der Waals surface area contributed by atoms with Crippen molar-refractivity contribution in [2.45, 2.75) is 62.8 Å². The number of nitrogens with zero attached hydrogens (tertiary/aromatic N) is 4. The summed E-state index contributed by atoms with van der Waals surface area (Å²) in [4.78, 5) is 38.3. The minimum absolute atomic E-state index is 0.0759. The molecule has 0 bridgehead atoms. The van der Waals surface area contributed by atoms with Gasteiger partial charge in [-0.1, -0.05) is 37.4 Å². The number of aromatic nitrogens is 2. The van der Waals surface area contributed by atoms with Gasteiger partial charge in [-0.2, -0.15) is 4.39 Å². The average Bonchev–Trinajstić information content (AvgIpc) is 3.44. The van der Waals surface area contributed by atoms with Crippen LogP contribution >= 0.6 is 11.8 Å². The van der Waals surface area contributed by atoms with Gasteiger partial charge in [0.1, 0.15) is 0 Å². The third-order valence-electron chi connectivity index (χ3n) is 7.44. The lowest BCUT2D eigenvalue weighted by molar-refractivity contribution is -0.127. The first-order chi connectivity index (χ1) is 18.4. The lowest BCUT2D eigenvalue weighted by Gasteiger charge is -2.33. The van der Waals surface area contributed by atoms with E-state index in [0.717, 1.165) is 51.6 Å². The van der Waals surface area contributed by atoms with Crippen molar-refractivity contribution >= 4 is 35.4 Å². The Balaban J connectivity index is 1.38. The van der Waals surface area contributed by atoms with Crippen LogP contribution in [0.25, 0.3) is 0 Å². The van der Waals surface area contributed by atoms with Crippen LogP contribution in [-0.2, 0) is 14.3 Å². The molecule has 1 saturated carbocycles. The highest BCUT2D eigenvalue weighted by molar-refractivity contribution is 7.98. The van der Waals surface area contributed by atoms with Gasteiger partial charge in [-0.15, -0.1) is 0 Å². The van der Waals surface area contributed by atoms with E-state index in [1.807, 2.05) is 18.2 Å². The molecule has 1 aliphatic carbocycles. The molecule has 3 heterocycles. The van der Waals surface area contributed by atoms with Crippen LogP contribution in [0, 0.1) is 17.7 Å². The minimum atomic E-state index is -0.603. The summed E-state index contributed by atoms with van der Waals surface area (Å²) < 4.78 is 26.2. The van der Waals surface area contributed by atoms with Crippen LogP contribution in [-0.4, -0.2) is 85.8 Å². The summed E-state index contributed by atoms with van der Waals surface area (Å²) >= 11 is 1.31. The zero-order valence-corrected chi connectivity index (χ0v) is 23.2. The molecule has 0 radical (unpaired) electrons. The van der Waals surface area contributed by atoms with Crippen molar-refractivity contribution in [3.05, 3.63) is 5.82 Å². The van der Waals surface area contributed by atoms with Gasteiger partial charge >= 0.3 is 6.09 Å². The van der Waals surface area contributed by atoms with Crippen LogP contribution in [0.15, 0.2) is 5.16 Å². The van der Waals surface area contributed by atoms with E-state index >= 15 is 4.39 Å². The lowest BCUT2D eigenvalue weighted by Crippen LogP contribution is -2.45. The van der Waals surface area contributed by atoms with Gasteiger partial charge in [0, 0.05) is 39.1 Å². The van der Waals surface area contributed by atoms with E-state index in [1.54, 1.807) is 0 Å². The van der Waals surface area contributed by atoms with E-state index in [0.29, 0.717) is 43.6 Å². The number of thioether (sulfide) groups is 1. The highest BCUT2D eigenvalue weighted by Gasteiger charge is 2.28. The van der Waals surface area contributed by atoms with E-state index in [4.69, 9.17) is 9.47 Å². The maximum Gasteiger partial charge on any atom is 0.409 e. The Morgan fingerprint density at radius 2 is 1.87 bits per heavy atom. The van der Waals surface area contributed by atoms with Gasteiger partial charge < -0.3 is 24.6 Å². The van der Waals surface area contributed by atoms with E-state index in [9.17, 15) is 9.59 Å². The Morgan fingerprint density at radius 3 is 2.55 bits per heavy atom. The van der Waals surface area contributed by atoms with Crippen molar-refractivity contribution in [2.75, 3.05) is 63.0 Å². The van der Waals surface area contributed by atoms with Gasteiger partial charge in [0.25, 0.3) is 0 Å². The fraction of sp³-hybridized carbons (Fsp3) is 0.760. The molecule has 212 valence electrons. The minimum Gasteiger partial charge on any atom is -0.420 e. The summed E-state index contributed by atoms with van der Waals surface area (Å²) in [5.41, 5.74) is 5.33. The molecule has 3 N–H and O–H groups in total. The predicted molar refractivity (Wildman–Crippen MR) is 143 cm³/mol. The first-order valence-corrected chi connectivity index (χ1v) is 14.8. The molecule has 3 fully saturated rings. The molecule has 2 saturated heterocycles. The molecule has 13 heteroatoms. The van der Waals surface area contributed by atoms with Gasteiger partial charge in [0.15, 0.2) is 16.8 Å². The van der Waals surface area contributed by atoms with Crippen molar-refractivity contribution in [2.24, 2.45) is 11.8 Å². The molecule has 4 rings (SSSR count). The van der Waals surface area contributed by atoms with Crippen LogP contribution < -0.4 is 21.1 Å². The molecular formula is C25H40FN7O4S. The Kier molecular flexibility index (Phi) is 10.6. The number of hydrogen-bond donors (Lipinski definition) is 3. The van der Waals surface area contributed by atoms with E-state index in [1.165, 1.54) is 11.8 Å². The van der Waals surface area contributed by atoms with Crippen molar-refractivity contribution in [3.63, 3.8) is 0 Å². The highest BCUT2D eigenvalue weighted by atomic mass is 32.2. The Labute approximate surface area is 227 Å². The number of halogens is 1. The van der Waals surface area contributed by atoms with Gasteiger partial charge in [0.05, 0.1) is 12.5 Å². The Morgan fingerprint density at radius 1 is 1.13 bits per heavy atom. The number of hydrogen-bond acceptors (Lipinski definition) is 10. The third kappa shape index (κ3) is 8.06. The first kappa shape index (κ1) is 28.6. The normalized spacial score (nSPS) is 21.7. The number of nitrogens with one attached hydrogen (secondary N) is 3. The maximum atomic E-state index is 15.4.